The van der Waals surface area contributed by atoms with Crippen molar-refractivity contribution in [3.05, 3.63) is 30.1 Å². The van der Waals surface area contributed by atoms with Crippen molar-refractivity contribution in [1.29, 1.82) is 0 Å². The van der Waals surface area contributed by atoms with E-state index in [1.54, 1.807) is 12.3 Å². The summed E-state index contributed by atoms with van der Waals surface area (Å²) in [5.41, 5.74) is 6.50. The molecule has 1 aliphatic heterocycles. The van der Waals surface area contributed by atoms with Crippen LogP contribution in [0.3, 0.4) is 0 Å². The van der Waals surface area contributed by atoms with E-state index < -0.39 is 0 Å². The quantitative estimate of drug-likeness (QED) is 0.750. The zero-order chi connectivity index (χ0) is 11.5. The standard InChI is InChI=1S/C12H17N3O/c1-15-7-5-9(8-11(15)13)12(16)10-4-2-3-6-14-10/h2-4,6,9,11H,5,7-8,13H2,1H3. The maximum Gasteiger partial charge on any atom is 0.184 e. The van der Waals surface area contributed by atoms with Crippen molar-refractivity contribution in [2.45, 2.75) is 19.0 Å². The summed E-state index contributed by atoms with van der Waals surface area (Å²) in [4.78, 5) is 18.3. The Morgan fingerprint density at radius 3 is 3.00 bits per heavy atom. The second-order valence-corrected chi connectivity index (χ2v) is 4.35. The summed E-state index contributed by atoms with van der Waals surface area (Å²) in [5, 5.41) is 0. The topological polar surface area (TPSA) is 59.2 Å². The van der Waals surface area contributed by atoms with Crippen molar-refractivity contribution in [2.75, 3.05) is 13.6 Å². The summed E-state index contributed by atoms with van der Waals surface area (Å²) in [6.07, 6.45) is 3.25. The lowest BCUT2D eigenvalue weighted by atomic mass is 9.89. The van der Waals surface area contributed by atoms with Gasteiger partial charge in [0.25, 0.3) is 0 Å². The number of hydrogen-bond acceptors (Lipinski definition) is 4. The number of likely N-dealkylation sites (tertiary alicyclic amines) is 1. The number of aromatic nitrogens is 1. The Kier molecular flexibility index (Phi) is 3.31. The number of pyridine rings is 1. The minimum atomic E-state index is -0.00795. The highest BCUT2D eigenvalue weighted by molar-refractivity contribution is 5.96. The molecule has 0 saturated carbocycles. The van der Waals surface area contributed by atoms with Gasteiger partial charge in [-0.05, 0) is 32.0 Å². The molecular formula is C12H17N3O. The number of ketones is 1. The Labute approximate surface area is 95.5 Å². The third-order valence-electron chi connectivity index (χ3n) is 3.21. The van der Waals surface area contributed by atoms with Crippen molar-refractivity contribution in [2.24, 2.45) is 11.7 Å². The van der Waals surface area contributed by atoms with Gasteiger partial charge in [0.05, 0.1) is 6.17 Å². The van der Waals surface area contributed by atoms with E-state index in [4.69, 9.17) is 5.73 Å². The molecular weight excluding hydrogens is 202 g/mol. The van der Waals surface area contributed by atoms with Crippen LogP contribution in [-0.2, 0) is 0 Å². The molecule has 2 N–H and O–H groups in total. The Morgan fingerprint density at radius 1 is 1.56 bits per heavy atom. The maximum absolute atomic E-state index is 12.1. The number of carbonyl (C=O) groups excluding carboxylic acids is 1. The molecule has 0 bridgehead atoms. The molecule has 0 radical (unpaired) electrons. The third kappa shape index (κ3) is 2.28. The second-order valence-electron chi connectivity index (χ2n) is 4.35. The van der Waals surface area contributed by atoms with Crippen LogP contribution in [-0.4, -0.2) is 35.4 Å². The van der Waals surface area contributed by atoms with Gasteiger partial charge in [-0.1, -0.05) is 6.07 Å². The number of piperidine rings is 1. The molecule has 0 amide bonds. The van der Waals surface area contributed by atoms with E-state index in [1.165, 1.54) is 0 Å². The average molecular weight is 219 g/mol. The van der Waals surface area contributed by atoms with Gasteiger partial charge in [0.15, 0.2) is 5.78 Å². The smallest absolute Gasteiger partial charge is 0.184 e. The maximum atomic E-state index is 12.1. The van der Waals surface area contributed by atoms with Gasteiger partial charge in [-0.2, -0.15) is 0 Å². The highest BCUT2D eigenvalue weighted by atomic mass is 16.1. The fourth-order valence-electron chi connectivity index (χ4n) is 2.07. The van der Waals surface area contributed by atoms with Gasteiger partial charge in [-0.15, -0.1) is 0 Å². The minimum absolute atomic E-state index is 0.00795. The summed E-state index contributed by atoms with van der Waals surface area (Å²) in [5.74, 6) is 0.158. The first-order valence-corrected chi connectivity index (χ1v) is 5.59. The van der Waals surface area contributed by atoms with Crippen LogP contribution in [0, 0.1) is 5.92 Å². The molecule has 1 saturated heterocycles. The van der Waals surface area contributed by atoms with Gasteiger partial charge in [0.1, 0.15) is 5.69 Å². The molecule has 1 aromatic heterocycles. The normalized spacial score (nSPS) is 26.6. The Balaban J connectivity index is 2.06. The van der Waals surface area contributed by atoms with Crippen LogP contribution in [0.25, 0.3) is 0 Å². The van der Waals surface area contributed by atoms with Gasteiger partial charge in [0, 0.05) is 18.7 Å². The Hall–Kier alpha value is -1.26. The highest BCUT2D eigenvalue weighted by Crippen LogP contribution is 2.22. The zero-order valence-electron chi connectivity index (χ0n) is 9.47. The van der Waals surface area contributed by atoms with E-state index in [0.717, 1.165) is 19.4 Å². The number of carbonyl (C=O) groups is 1. The number of nitrogens with zero attached hydrogens (tertiary/aromatic N) is 2. The number of hydrogen-bond donors (Lipinski definition) is 1. The summed E-state index contributed by atoms with van der Waals surface area (Å²) in [6.45, 7) is 0.879. The van der Waals surface area contributed by atoms with E-state index in [-0.39, 0.29) is 17.9 Å². The number of Topliss-reactive ketones (excluding diaryl/α,β-unsaturated/α-hetero) is 1. The van der Waals surface area contributed by atoms with Crippen molar-refractivity contribution < 1.29 is 4.79 Å². The Bertz CT molecular complexity index is 366. The van der Waals surface area contributed by atoms with Gasteiger partial charge in [0.2, 0.25) is 0 Å². The lowest BCUT2D eigenvalue weighted by Gasteiger charge is -2.33. The van der Waals surface area contributed by atoms with Crippen LogP contribution in [0.1, 0.15) is 23.3 Å². The average Bonchev–Trinajstić information content (AvgIpc) is 2.33. The monoisotopic (exact) mass is 219 g/mol. The van der Waals surface area contributed by atoms with Gasteiger partial charge in [-0.3, -0.25) is 14.7 Å². The molecule has 2 atom stereocenters. The SMILES string of the molecule is CN1CCC(C(=O)c2ccccn2)CC1N. The molecule has 86 valence electrons. The summed E-state index contributed by atoms with van der Waals surface area (Å²) < 4.78 is 0. The summed E-state index contributed by atoms with van der Waals surface area (Å²) in [7, 11) is 1.99. The van der Waals surface area contributed by atoms with Crippen LogP contribution >= 0.6 is 0 Å². The first kappa shape index (κ1) is 11.2. The van der Waals surface area contributed by atoms with E-state index in [2.05, 4.69) is 9.88 Å². The van der Waals surface area contributed by atoms with Crippen molar-refractivity contribution in [1.82, 2.24) is 9.88 Å². The predicted molar refractivity (Wildman–Crippen MR) is 61.9 cm³/mol. The van der Waals surface area contributed by atoms with E-state index in [1.807, 2.05) is 19.2 Å². The molecule has 16 heavy (non-hydrogen) atoms. The van der Waals surface area contributed by atoms with Crippen LogP contribution in [0.15, 0.2) is 24.4 Å². The van der Waals surface area contributed by atoms with Crippen LogP contribution in [0.2, 0.25) is 0 Å². The molecule has 2 heterocycles. The Morgan fingerprint density at radius 2 is 2.38 bits per heavy atom. The molecule has 2 rings (SSSR count). The fourth-order valence-corrected chi connectivity index (χ4v) is 2.07. The van der Waals surface area contributed by atoms with E-state index in [0.29, 0.717) is 5.69 Å². The van der Waals surface area contributed by atoms with E-state index >= 15 is 0 Å². The number of rotatable bonds is 2. The highest BCUT2D eigenvalue weighted by Gasteiger charge is 2.29. The largest absolute Gasteiger partial charge is 0.316 e. The second kappa shape index (κ2) is 4.72. The lowest BCUT2D eigenvalue weighted by Crippen LogP contribution is -2.47. The molecule has 4 nitrogen and oxygen atoms in total. The van der Waals surface area contributed by atoms with Crippen LogP contribution in [0.4, 0.5) is 0 Å². The molecule has 0 spiro atoms. The van der Waals surface area contributed by atoms with Crippen molar-refractivity contribution in [3.8, 4) is 0 Å². The van der Waals surface area contributed by atoms with Crippen LogP contribution in [0.5, 0.6) is 0 Å². The van der Waals surface area contributed by atoms with Crippen molar-refractivity contribution in [3.63, 3.8) is 0 Å². The van der Waals surface area contributed by atoms with Crippen molar-refractivity contribution >= 4 is 5.78 Å². The third-order valence-corrected chi connectivity index (χ3v) is 3.21. The van der Waals surface area contributed by atoms with Gasteiger partial charge in [-0.25, -0.2) is 0 Å². The molecule has 1 aromatic rings. The molecule has 1 aliphatic rings. The molecule has 0 aliphatic carbocycles. The first-order chi connectivity index (χ1) is 7.68. The van der Waals surface area contributed by atoms with Gasteiger partial charge < -0.3 is 5.73 Å². The molecule has 2 unspecified atom stereocenters. The molecule has 0 aromatic carbocycles. The predicted octanol–water partition coefficient (Wildman–Crippen LogP) is 0.891. The lowest BCUT2D eigenvalue weighted by molar-refractivity contribution is 0.0784. The molecule has 1 fully saturated rings. The van der Waals surface area contributed by atoms with E-state index in [9.17, 15) is 4.79 Å². The summed E-state index contributed by atoms with van der Waals surface area (Å²) in [6, 6.07) is 5.43. The van der Waals surface area contributed by atoms with Crippen LogP contribution < -0.4 is 5.73 Å². The fraction of sp³-hybridized carbons (Fsp3) is 0.500. The van der Waals surface area contributed by atoms with Gasteiger partial charge >= 0.3 is 0 Å². The zero-order valence-corrected chi connectivity index (χ0v) is 9.47. The number of nitrogens with two attached hydrogens (primary N) is 1. The molecule has 4 heteroatoms. The first-order valence-electron chi connectivity index (χ1n) is 5.59. The summed E-state index contributed by atoms with van der Waals surface area (Å²) >= 11 is 0. The minimum Gasteiger partial charge on any atom is -0.316 e.